The van der Waals surface area contributed by atoms with Crippen LogP contribution in [0.15, 0.2) is 28.4 Å². The van der Waals surface area contributed by atoms with E-state index < -0.39 is 29.5 Å². The number of imidazole rings is 1. The number of anilines is 4. The van der Waals surface area contributed by atoms with Gasteiger partial charge in [0.1, 0.15) is 17.1 Å². The maximum Gasteiger partial charge on any atom is 0.291 e. The SMILES string of the molecule is C=C(Br)C(=O)Nc1n[nH]c(C(=O)Nc2nc(C(=O)Nc3c[nH]c(C(=O)Nc4c[nH]c(C(=O)NCCN=C(N)N)c4C)c3C)[nH]c2C)c1C. The molecule has 5 amide bonds. The number of amides is 5. The molecule has 4 rings (SSSR count). The van der Waals surface area contributed by atoms with E-state index in [-0.39, 0.29) is 58.1 Å². The predicted octanol–water partition coefficient (Wildman–Crippen LogP) is 1.63. The van der Waals surface area contributed by atoms with E-state index in [1.165, 1.54) is 12.4 Å². The maximum atomic E-state index is 13.1. The molecule has 0 aliphatic carbocycles. The number of hydrogen-bond acceptors (Lipinski definition) is 8. The zero-order valence-corrected chi connectivity index (χ0v) is 27.8. The van der Waals surface area contributed by atoms with Crippen LogP contribution in [0.4, 0.5) is 23.0 Å². The van der Waals surface area contributed by atoms with Gasteiger partial charge >= 0.3 is 0 Å². The van der Waals surface area contributed by atoms with Crippen LogP contribution in [0.3, 0.4) is 0 Å². The van der Waals surface area contributed by atoms with Gasteiger partial charge in [0, 0.05) is 35.6 Å². The summed E-state index contributed by atoms with van der Waals surface area (Å²) in [5, 5.41) is 19.7. The Morgan fingerprint density at radius 2 is 1.40 bits per heavy atom. The number of nitrogens with zero attached hydrogens (tertiary/aromatic N) is 3. The molecule has 0 bridgehead atoms. The standard InChI is InChI=1S/C28H33BrN14O5/c1-10-15(8-34-17(10)24(45)32-6-7-33-28(30)31)37-25(46)18-11(2)16(9-35-18)38-27(48)22-36-14(5)21(39-22)41-26(47)19-12(3)20(43-42-19)40-23(44)13(4)29/h8-9,34-35H,4,6-7H2,1-3,5H3,(H,32,45)(H,36,39)(H,37,46)(H,38,48)(H,41,47)(H4,30,31,33)(H2,40,42,43,44). The van der Waals surface area contributed by atoms with E-state index in [0.717, 1.165) is 0 Å². The molecular weight excluding hydrogens is 692 g/mol. The van der Waals surface area contributed by atoms with Gasteiger partial charge in [-0.15, -0.1) is 0 Å². The molecule has 0 saturated carbocycles. The van der Waals surface area contributed by atoms with Crippen LogP contribution in [-0.4, -0.2) is 78.7 Å². The number of carbonyl (C=O) groups is 5. The molecule has 0 radical (unpaired) electrons. The first-order valence-electron chi connectivity index (χ1n) is 14.1. The lowest BCUT2D eigenvalue weighted by atomic mass is 10.2. The highest BCUT2D eigenvalue weighted by Gasteiger charge is 2.23. The van der Waals surface area contributed by atoms with Crippen LogP contribution in [0.1, 0.15) is 64.5 Å². The van der Waals surface area contributed by atoms with Crippen LogP contribution < -0.4 is 38.1 Å². The number of aliphatic imine (C=N–C) groups is 1. The molecule has 0 aromatic carbocycles. The molecule has 0 unspecified atom stereocenters. The minimum Gasteiger partial charge on any atom is -0.370 e. The lowest BCUT2D eigenvalue weighted by molar-refractivity contribution is -0.112. The average molecular weight is 726 g/mol. The van der Waals surface area contributed by atoms with Gasteiger partial charge in [0.25, 0.3) is 29.5 Å². The smallest absolute Gasteiger partial charge is 0.291 e. The summed E-state index contributed by atoms with van der Waals surface area (Å²) < 4.78 is 0.0882. The monoisotopic (exact) mass is 724 g/mol. The van der Waals surface area contributed by atoms with Gasteiger partial charge in [0.2, 0.25) is 0 Å². The van der Waals surface area contributed by atoms with Crippen molar-refractivity contribution in [2.75, 3.05) is 34.4 Å². The third-order valence-corrected chi connectivity index (χ3v) is 7.33. The third-order valence-electron chi connectivity index (χ3n) is 6.97. The molecule has 4 aromatic rings. The highest BCUT2D eigenvalue weighted by Crippen LogP contribution is 2.24. The molecule has 48 heavy (non-hydrogen) atoms. The zero-order chi connectivity index (χ0) is 35.3. The number of halogens is 1. The van der Waals surface area contributed by atoms with E-state index in [1.807, 2.05) is 0 Å². The Morgan fingerprint density at radius 1 is 0.812 bits per heavy atom. The van der Waals surface area contributed by atoms with Crippen molar-refractivity contribution < 1.29 is 24.0 Å². The molecular formula is C28H33BrN14O5. The van der Waals surface area contributed by atoms with Crippen molar-refractivity contribution in [2.24, 2.45) is 16.5 Å². The first-order valence-corrected chi connectivity index (χ1v) is 14.9. The van der Waals surface area contributed by atoms with Crippen molar-refractivity contribution >= 4 is 74.4 Å². The first kappa shape index (κ1) is 34.7. The molecule has 0 atom stereocenters. The zero-order valence-electron chi connectivity index (χ0n) is 26.2. The van der Waals surface area contributed by atoms with E-state index in [2.05, 4.69) is 84.2 Å². The molecule has 0 fully saturated rings. The summed E-state index contributed by atoms with van der Waals surface area (Å²) in [6.07, 6.45) is 2.93. The summed E-state index contributed by atoms with van der Waals surface area (Å²) in [4.78, 5) is 79.9. The molecule has 19 nitrogen and oxygen atoms in total. The van der Waals surface area contributed by atoms with Gasteiger partial charge in [0.05, 0.1) is 28.1 Å². The Hall–Kier alpha value is -6.18. The molecule has 0 spiro atoms. The number of rotatable bonds is 12. The Labute approximate surface area is 280 Å². The summed E-state index contributed by atoms with van der Waals surface area (Å²) in [5.41, 5.74) is 13.4. The van der Waals surface area contributed by atoms with Crippen molar-refractivity contribution in [2.45, 2.75) is 27.7 Å². The van der Waals surface area contributed by atoms with Gasteiger partial charge in [-0.1, -0.05) is 6.58 Å². The summed E-state index contributed by atoms with van der Waals surface area (Å²) in [7, 11) is 0. The third kappa shape index (κ3) is 7.78. The molecule has 252 valence electrons. The molecule has 4 aromatic heterocycles. The second-order valence-electron chi connectivity index (χ2n) is 10.3. The minimum absolute atomic E-state index is 0.0708. The number of nitrogens with one attached hydrogen (secondary N) is 9. The first-order chi connectivity index (χ1) is 22.7. The Balaban J connectivity index is 1.38. The predicted molar refractivity (Wildman–Crippen MR) is 181 cm³/mol. The normalized spacial score (nSPS) is 10.6. The number of carbonyl (C=O) groups excluding carboxylic acids is 5. The quantitative estimate of drug-likeness (QED) is 0.0437. The molecule has 0 aliphatic heterocycles. The van der Waals surface area contributed by atoms with E-state index in [4.69, 9.17) is 11.5 Å². The van der Waals surface area contributed by atoms with E-state index in [1.54, 1.807) is 27.7 Å². The van der Waals surface area contributed by atoms with Crippen LogP contribution in [0, 0.1) is 27.7 Å². The Kier molecular flexibility index (Phi) is 10.5. The minimum atomic E-state index is -0.637. The number of aromatic amines is 4. The van der Waals surface area contributed by atoms with Crippen molar-refractivity contribution in [1.29, 1.82) is 0 Å². The van der Waals surface area contributed by atoms with Gasteiger partial charge in [0.15, 0.2) is 23.4 Å². The van der Waals surface area contributed by atoms with Crippen LogP contribution in [0.25, 0.3) is 0 Å². The van der Waals surface area contributed by atoms with Crippen LogP contribution >= 0.6 is 15.9 Å². The largest absolute Gasteiger partial charge is 0.370 e. The Bertz CT molecular complexity index is 1960. The van der Waals surface area contributed by atoms with E-state index in [9.17, 15) is 24.0 Å². The molecule has 0 saturated heterocycles. The molecule has 13 N–H and O–H groups in total. The maximum absolute atomic E-state index is 13.1. The Morgan fingerprint density at radius 3 is 2.00 bits per heavy atom. The topological polar surface area (TPSA) is 299 Å². The van der Waals surface area contributed by atoms with Gasteiger partial charge in [-0.05, 0) is 43.6 Å². The highest BCUT2D eigenvalue weighted by atomic mass is 79.9. The van der Waals surface area contributed by atoms with Crippen molar-refractivity contribution in [1.82, 2.24) is 35.5 Å². The van der Waals surface area contributed by atoms with Crippen LogP contribution in [0.5, 0.6) is 0 Å². The number of aromatic nitrogens is 6. The molecule has 4 heterocycles. The summed E-state index contributed by atoms with van der Waals surface area (Å²) >= 11 is 2.98. The van der Waals surface area contributed by atoms with E-state index >= 15 is 0 Å². The molecule has 0 aliphatic rings. The second kappa shape index (κ2) is 14.5. The highest BCUT2D eigenvalue weighted by molar-refractivity contribution is 9.12. The van der Waals surface area contributed by atoms with Crippen LogP contribution in [-0.2, 0) is 4.79 Å². The number of hydrogen-bond donors (Lipinski definition) is 11. The number of guanidine groups is 1. The number of nitrogens with two attached hydrogens (primary N) is 2. The summed E-state index contributed by atoms with van der Waals surface area (Å²) in [5.74, 6) is -2.63. The molecule has 20 heteroatoms. The van der Waals surface area contributed by atoms with Gasteiger partial charge in [-0.25, -0.2) is 4.98 Å². The average Bonchev–Trinajstić information content (AvgIpc) is 3.78. The number of H-pyrrole nitrogens is 4. The fraction of sp³-hybridized carbons (Fsp3) is 0.214. The van der Waals surface area contributed by atoms with Crippen molar-refractivity contribution in [3.63, 3.8) is 0 Å². The number of aryl methyl sites for hydroxylation is 1. The lowest BCUT2D eigenvalue weighted by Gasteiger charge is -2.06. The van der Waals surface area contributed by atoms with Crippen molar-refractivity contribution in [3.8, 4) is 0 Å². The lowest BCUT2D eigenvalue weighted by Crippen LogP contribution is -2.29. The van der Waals surface area contributed by atoms with Gasteiger partial charge in [-0.3, -0.25) is 34.1 Å². The van der Waals surface area contributed by atoms with Crippen molar-refractivity contribution in [3.05, 3.63) is 68.7 Å². The fourth-order valence-corrected chi connectivity index (χ4v) is 4.41. The second-order valence-corrected chi connectivity index (χ2v) is 11.3. The summed E-state index contributed by atoms with van der Waals surface area (Å²) in [6.45, 7) is 10.4. The summed E-state index contributed by atoms with van der Waals surface area (Å²) in [6, 6.07) is 0. The van der Waals surface area contributed by atoms with Crippen LogP contribution in [0.2, 0.25) is 0 Å². The van der Waals surface area contributed by atoms with Gasteiger partial charge < -0.3 is 53.0 Å². The van der Waals surface area contributed by atoms with Gasteiger partial charge in [-0.2, -0.15) is 5.10 Å². The van der Waals surface area contributed by atoms with E-state index in [0.29, 0.717) is 33.8 Å². The fourth-order valence-electron chi connectivity index (χ4n) is 4.31.